The van der Waals surface area contributed by atoms with Crippen LogP contribution in [0.5, 0.6) is 0 Å². The Morgan fingerprint density at radius 1 is 0.535 bits per heavy atom. The van der Waals surface area contributed by atoms with E-state index in [-0.39, 0.29) is 28.3 Å². The second-order valence-electron chi connectivity index (χ2n) is 8.58. The minimum Gasteiger partial charge on any atom is -0.206 e. The van der Waals surface area contributed by atoms with Gasteiger partial charge in [0, 0.05) is 33.4 Å². The Hall–Kier alpha value is -5.45. The standard InChI is InChI=1S/C30H11F10N3/c31-27-24(7-9-41)19(4-1-17-2-6-21(16-43)26(13-17)30(38,39)40)14-20(25(27)8-10-42)5-3-18-11-22(28(32,33)34)15-23(12-18)29(35,36)37/h2,6,11-15H,7-8H2. The number of benzene rings is 3. The second kappa shape index (κ2) is 12.2. The maximum atomic E-state index is 15.5. The summed E-state index contributed by atoms with van der Waals surface area (Å²) in [5, 5.41) is 27.3. The monoisotopic (exact) mass is 603 g/mol. The highest BCUT2D eigenvalue weighted by Crippen LogP contribution is 2.36. The first-order valence-electron chi connectivity index (χ1n) is 11.5. The third kappa shape index (κ3) is 7.64. The van der Waals surface area contributed by atoms with Gasteiger partial charge >= 0.3 is 18.5 Å². The number of rotatable bonds is 2. The lowest BCUT2D eigenvalue weighted by molar-refractivity contribution is -0.143. The third-order valence-corrected chi connectivity index (χ3v) is 5.70. The molecule has 0 N–H and O–H groups in total. The van der Waals surface area contributed by atoms with Crippen LogP contribution in [0, 0.1) is 63.5 Å². The molecule has 0 amide bonds. The number of hydrogen-bond acceptors (Lipinski definition) is 3. The van der Waals surface area contributed by atoms with Gasteiger partial charge in [-0.2, -0.15) is 55.3 Å². The summed E-state index contributed by atoms with van der Waals surface area (Å²) in [4.78, 5) is 0. The molecule has 0 aliphatic heterocycles. The lowest BCUT2D eigenvalue weighted by Crippen LogP contribution is -2.11. The summed E-state index contributed by atoms with van der Waals surface area (Å²) in [6.45, 7) is 0. The largest absolute Gasteiger partial charge is 0.417 e. The van der Waals surface area contributed by atoms with Crippen molar-refractivity contribution < 1.29 is 43.9 Å². The van der Waals surface area contributed by atoms with E-state index in [0.29, 0.717) is 18.2 Å². The predicted molar refractivity (Wildman–Crippen MR) is 130 cm³/mol. The summed E-state index contributed by atoms with van der Waals surface area (Å²) in [6.07, 6.45) is -16.5. The predicted octanol–water partition coefficient (Wildman–Crippen LogP) is 7.69. The van der Waals surface area contributed by atoms with E-state index >= 15 is 4.39 Å². The Kier molecular flexibility index (Phi) is 9.09. The molecule has 0 atom stereocenters. The van der Waals surface area contributed by atoms with E-state index in [2.05, 4.69) is 23.7 Å². The molecule has 3 nitrogen and oxygen atoms in total. The number of hydrogen-bond donors (Lipinski definition) is 0. The van der Waals surface area contributed by atoms with E-state index in [0.717, 1.165) is 18.2 Å². The second-order valence-corrected chi connectivity index (χ2v) is 8.58. The van der Waals surface area contributed by atoms with Gasteiger partial charge in [0.1, 0.15) is 5.82 Å². The van der Waals surface area contributed by atoms with E-state index in [1.54, 1.807) is 12.1 Å². The summed E-state index contributed by atoms with van der Waals surface area (Å²) in [5.74, 6) is 7.95. The van der Waals surface area contributed by atoms with Crippen LogP contribution in [-0.2, 0) is 31.4 Å². The quantitative estimate of drug-likeness (QED) is 0.223. The van der Waals surface area contributed by atoms with Gasteiger partial charge in [-0.1, -0.05) is 23.7 Å². The first-order valence-corrected chi connectivity index (χ1v) is 11.5. The van der Waals surface area contributed by atoms with Crippen LogP contribution in [0.2, 0.25) is 0 Å². The summed E-state index contributed by atoms with van der Waals surface area (Å²) in [7, 11) is 0. The van der Waals surface area contributed by atoms with Crippen LogP contribution in [0.1, 0.15) is 55.6 Å². The summed E-state index contributed by atoms with van der Waals surface area (Å²) >= 11 is 0. The van der Waals surface area contributed by atoms with E-state index in [1.807, 2.05) is 0 Å². The Morgan fingerprint density at radius 3 is 1.44 bits per heavy atom. The Bertz CT molecular complexity index is 1810. The molecule has 3 aromatic carbocycles. The van der Waals surface area contributed by atoms with E-state index in [1.165, 1.54) is 6.07 Å². The summed E-state index contributed by atoms with van der Waals surface area (Å²) in [5.41, 5.74) is -7.71. The fraction of sp³-hybridized carbons (Fsp3) is 0.167. The zero-order valence-corrected chi connectivity index (χ0v) is 21.1. The van der Waals surface area contributed by atoms with E-state index < -0.39 is 70.6 Å². The van der Waals surface area contributed by atoms with Gasteiger partial charge < -0.3 is 0 Å². The molecule has 0 aromatic heterocycles. The van der Waals surface area contributed by atoms with Gasteiger partial charge in [0.25, 0.3) is 0 Å². The van der Waals surface area contributed by atoms with Crippen molar-refractivity contribution in [3.05, 3.63) is 104 Å². The molecule has 0 spiro atoms. The van der Waals surface area contributed by atoms with E-state index in [9.17, 15) is 39.5 Å². The maximum Gasteiger partial charge on any atom is 0.417 e. The van der Waals surface area contributed by atoms with Crippen LogP contribution >= 0.6 is 0 Å². The van der Waals surface area contributed by atoms with Crippen molar-refractivity contribution >= 4 is 0 Å². The molecule has 0 radical (unpaired) electrons. The Morgan fingerprint density at radius 2 is 1.02 bits per heavy atom. The zero-order chi connectivity index (χ0) is 32.2. The van der Waals surface area contributed by atoms with Gasteiger partial charge in [-0.15, -0.1) is 0 Å². The van der Waals surface area contributed by atoms with E-state index in [4.69, 9.17) is 15.8 Å². The Labute approximate surface area is 237 Å². The first kappa shape index (κ1) is 32.1. The highest BCUT2D eigenvalue weighted by Gasteiger charge is 2.37. The molecule has 13 heteroatoms. The molecule has 0 saturated carbocycles. The van der Waals surface area contributed by atoms with Gasteiger partial charge in [-0.25, -0.2) is 4.39 Å². The molecular weight excluding hydrogens is 592 g/mol. The van der Waals surface area contributed by atoms with Crippen molar-refractivity contribution in [1.82, 2.24) is 0 Å². The number of nitriles is 3. The van der Waals surface area contributed by atoms with Crippen molar-refractivity contribution in [2.45, 2.75) is 31.4 Å². The highest BCUT2D eigenvalue weighted by atomic mass is 19.4. The summed E-state index contributed by atoms with van der Waals surface area (Å²) in [6, 6.07) is 8.82. The van der Waals surface area contributed by atoms with Crippen LogP contribution in [0.4, 0.5) is 43.9 Å². The molecule has 0 unspecified atom stereocenters. The number of halogens is 10. The average Bonchev–Trinajstić information content (AvgIpc) is 2.92. The maximum absolute atomic E-state index is 15.5. The fourth-order valence-corrected chi connectivity index (χ4v) is 3.72. The minimum absolute atomic E-state index is 0.107. The van der Waals surface area contributed by atoms with Gasteiger partial charge in [-0.05, 0) is 42.5 Å². The van der Waals surface area contributed by atoms with Crippen LogP contribution in [0.15, 0.2) is 42.5 Å². The zero-order valence-electron chi connectivity index (χ0n) is 21.1. The molecular formula is C30H11F10N3. The van der Waals surface area contributed by atoms with Crippen LogP contribution in [0.25, 0.3) is 0 Å². The summed E-state index contributed by atoms with van der Waals surface area (Å²) < 4.78 is 135. The van der Waals surface area contributed by atoms with Crippen molar-refractivity contribution in [3.63, 3.8) is 0 Å². The number of nitrogens with zero attached hydrogens (tertiary/aromatic N) is 3. The molecule has 0 aliphatic rings. The lowest BCUT2D eigenvalue weighted by atomic mass is 9.94. The van der Waals surface area contributed by atoms with Crippen molar-refractivity contribution in [1.29, 1.82) is 15.8 Å². The van der Waals surface area contributed by atoms with Gasteiger partial charge in [0.2, 0.25) is 0 Å². The molecule has 3 rings (SSSR count). The third-order valence-electron chi connectivity index (χ3n) is 5.70. The molecule has 43 heavy (non-hydrogen) atoms. The van der Waals surface area contributed by atoms with Gasteiger partial charge in [0.15, 0.2) is 0 Å². The highest BCUT2D eigenvalue weighted by molar-refractivity contribution is 5.58. The molecule has 0 heterocycles. The topological polar surface area (TPSA) is 71.4 Å². The van der Waals surface area contributed by atoms with Crippen LogP contribution in [-0.4, -0.2) is 0 Å². The molecule has 3 aromatic rings. The normalized spacial score (nSPS) is 11.2. The smallest absolute Gasteiger partial charge is 0.206 e. The Balaban J connectivity index is 2.25. The molecule has 0 aliphatic carbocycles. The van der Waals surface area contributed by atoms with Crippen molar-refractivity contribution in [3.8, 4) is 41.9 Å². The number of alkyl halides is 9. The minimum atomic E-state index is -5.16. The van der Waals surface area contributed by atoms with Crippen molar-refractivity contribution in [2.24, 2.45) is 0 Å². The van der Waals surface area contributed by atoms with Crippen molar-refractivity contribution in [2.75, 3.05) is 0 Å². The molecule has 216 valence electrons. The molecule has 0 bridgehead atoms. The first-order chi connectivity index (χ1) is 20.0. The molecule has 0 fully saturated rings. The lowest BCUT2D eigenvalue weighted by Gasteiger charge is -2.12. The van der Waals surface area contributed by atoms with Crippen LogP contribution < -0.4 is 0 Å². The fourth-order valence-electron chi connectivity index (χ4n) is 3.72. The van der Waals surface area contributed by atoms with Crippen LogP contribution in [0.3, 0.4) is 0 Å². The molecule has 0 saturated heterocycles. The SMILES string of the molecule is N#CCc1c(C#Cc2cc(C(F)(F)F)cc(C(F)(F)F)c2)cc(C#Cc2ccc(C#N)c(C(F)(F)F)c2)c(CC#N)c1F. The van der Waals surface area contributed by atoms with Gasteiger partial charge in [0.05, 0.1) is 53.3 Å². The van der Waals surface area contributed by atoms with Gasteiger partial charge in [-0.3, -0.25) is 0 Å². The average molecular weight is 603 g/mol.